The van der Waals surface area contributed by atoms with Gasteiger partial charge in [0.15, 0.2) is 0 Å². The Morgan fingerprint density at radius 2 is 1.62 bits per heavy atom. The summed E-state index contributed by atoms with van der Waals surface area (Å²) in [4.78, 5) is 31.0. The quantitative estimate of drug-likeness (QED) is 0.656. The second kappa shape index (κ2) is 9.99. The van der Waals surface area contributed by atoms with E-state index in [2.05, 4.69) is 16.7 Å². The van der Waals surface area contributed by atoms with Gasteiger partial charge in [-0.3, -0.25) is 19.4 Å². The van der Waals surface area contributed by atoms with E-state index in [0.29, 0.717) is 13.2 Å². The number of nitrogens with zero attached hydrogens (tertiary/aromatic N) is 3. The average Bonchev–Trinajstić information content (AvgIpc) is 2.61. The molecule has 2 heterocycles. The van der Waals surface area contributed by atoms with Gasteiger partial charge in [0.05, 0.1) is 13.2 Å². The molecule has 6 heteroatoms. The van der Waals surface area contributed by atoms with Crippen molar-refractivity contribution < 1.29 is 14.3 Å². The summed E-state index contributed by atoms with van der Waals surface area (Å²) in [5.41, 5.74) is 0. The SMILES string of the molecule is CCC[C@H](C(=O)OCC)N1CCN(CC(=O)N2CCCCC2)CC1. The first-order chi connectivity index (χ1) is 11.7. The van der Waals surface area contributed by atoms with Crippen LogP contribution in [-0.4, -0.2) is 85.0 Å². The van der Waals surface area contributed by atoms with E-state index in [1.54, 1.807) is 0 Å². The molecule has 0 radical (unpaired) electrons. The van der Waals surface area contributed by atoms with Gasteiger partial charge < -0.3 is 9.64 Å². The van der Waals surface area contributed by atoms with Crippen molar-refractivity contribution in [2.45, 2.75) is 52.0 Å². The molecule has 0 N–H and O–H groups in total. The zero-order valence-corrected chi connectivity index (χ0v) is 15.3. The standard InChI is InChI=1S/C18H33N3O3/c1-3-8-16(18(23)24-4-2)20-13-11-19(12-14-20)15-17(22)21-9-6-5-7-10-21/h16H,3-15H2,1-2H3/t16-/m1/s1. The number of hydrogen-bond acceptors (Lipinski definition) is 5. The van der Waals surface area contributed by atoms with Crippen molar-refractivity contribution >= 4 is 11.9 Å². The van der Waals surface area contributed by atoms with Gasteiger partial charge in [-0.1, -0.05) is 13.3 Å². The first kappa shape index (κ1) is 19.2. The number of rotatable bonds is 7. The Kier molecular flexibility index (Phi) is 7.99. The van der Waals surface area contributed by atoms with E-state index in [4.69, 9.17) is 4.74 Å². The normalized spacial score (nSPS) is 21.5. The Balaban J connectivity index is 1.78. The van der Waals surface area contributed by atoms with E-state index < -0.39 is 0 Å². The van der Waals surface area contributed by atoms with Crippen LogP contribution in [0.5, 0.6) is 0 Å². The molecule has 0 spiro atoms. The molecule has 0 aliphatic carbocycles. The minimum atomic E-state index is -0.130. The van der Waals surface area contributed by atoms with Crippen molar-refractivity contribution in [1.82, 2.24) is 14.7 Å². The maximum atomic E-state index is 12.4. The monoisotopic (exact) mass is 339 g/mol. The molecule has 2 rings (SSSR count). The van der Waals surface area contributed by atoms with Crippen molar-refractivity contribution in [3.63, 3.8) is 0 Å². The first-order valence-corrected chi connectivity index (χ1v) is 9.56. The number of piperazine rings is 1. The molecule has 1 amide bonds. The summed E-state index contributed by atoms with van der Waals surface area (Å²) in [5.74, 6) is 0.163. The number of carbonyl (C=O) groups is 2. The zero-order valence-electron chi connectivity index (χ0n) is 15.3. The third-order valence-corrected chi connectivity index (χ3v) is 5.04. The van der Waals surface area contributed by atoms with Crippen molar-refractivity contribution in [2.24, 2.45) is 0 Å². The highest BCUT2D eigenvalue weighted by Gasteiger charge is 2.30. The zero-order chi connectivity index (χ0) is 17.4. The number of carbonyl (C=O) groups excluding carboxylic acids is 2. The molecule has 138 valence electrons. The van der Waals surface area contributed by atoms with Gasteiger partial charge in [-0.05, 0) is 32.6 Å². The highest BCUT2D eigenvalue weighted by atomic mass is 16.5. The van der Waals surface area contributed by atoms with Crippen LogP contribution >= 0.6 is 0 Å². The van der Waals surface area contributed by atoms with Crippen LogP contribution in [0.2, 0.25) is 0 Å². The maximum Gasteiger partial charge on any atom is 0.323 e. The van der Waals surface area contributed by atoms with Crippen LogP contribution in [0.25, 0.3) is 0 Å². The number of esters is 1. The van der Waals surface area contributed by atoms with Gasteiger partial charge in [-0.15, -0.1) is 0 Å². The predicted molar refractivity (Wildman–Crippen MR) is 93.8 cm³/mol. The van der Waals surface area contributed by atoms with E-state index in [9.17, 15) is 9.59 Å². The van der Waals surface area contributed by atoms with Gasteiger partial charge in [-0.2, -0.15) is 0 Å². The van der Waals surface area contributed by atoms with Crippen LogP contribution in [0, 0.1) is 0 Å². The third kappa shape index (κ3) is 5.45. The molecular weight excluding hydrogens is 306 g/mol. The van der Waals surface area contributed by atoms with E-state index in [0.717, 1.165) is 65.0 Å². The Morgan fingerprint density at radius 1 is 0.958 bits per heavy atom. The van der Waals surface area contributed by atoms with E-state index in [-0.39, 0.29) is 17.9 Å². The van der Waals surface area contributed by atoms with E-state index >= 15 is 0 Å². The molecule has 0 saturated carbocycles. The molecule has 2 fully saturated rings. The van der Waals surface area contributed by atoms with E-state index in [1.165, 1.54) is 6.42 Å². The lowest BCUT2D eigenvalue weighted by atomic mass is 10.1. The number of piperidine rings is 1. The molecule has 6 nitrogen and oxygen atoms in total. The van der Waals surface area contributed by atoms with Crippen molar-refractivity contribution in [1.29, 1.82) is 0 Å². The summed E-state index contributed by atoms with van der Waals surface area (Å²) in [6.07, 6.45) is 5.33. The highest BCUT2D eigenvalue weighted by molar-refractivity contribution is 5.78. The second-order valence-corrected chi connectivity index (χ2v) is 6.81. The summed E-state index contributed by atoms with van der Waals surface area (Å²) < 4.78 is 5.23. The molecule has 0 aromatic rings. The van der Waals surface area contributed by atoms with Gasteiger partial charge in [0.1, 0.15) is 6.04 Å². The largest absolute Gasteiger partial charge is 0.465 e. The van der Waals surface area contributed by atoms with E-state index in [1.807, 2.05) is 11.8 Å². The van der Waals surface area contributed by atoms with Gasteiger partial charge in [-0.25, -0.2) is 0 Å². The molecule has 24 heavy (non-hydrogen) atoms. The number of ether oxygens (including phenoxy) is 1. The topological polar surface area (TPSA) is 53.1 Å². The molecule has 2 aliphatic rings. The molecule has 0 aromatic carbocycles. The Bertz CT molecular complexity index is 402. The molecule has 0 aromatic heterocycles. The molecule has 2 saturated heterocycles. The minimum absolute atomic E-state index is 0.0998. The second-order valence-electron chi connectivity index (χ2n) is 6.81. The number of hydrogen-bond donors (Lipinski definition) is 0. The molecular formula is C18H33N3O3. The van der Waals surface area contributed by atoms with Crippen LogP contribution in [0.4, 0.5) is 0 Å². The highest BCUT2D eigenvalue weighted by Crippen LogP contribution is 2.14. The summed E-state index contributed by atoms with van der Waals surface area (Å²) in [6.45, 7) is 10.1. The fraction of sp³-hybridized carbons (Fsp3) is 0.889. The summed E-state index contributed by atoms with van der Waals surface area (Å²) in [7, 11) is 0. The van der Waals surface area contributed by atoms with Gasteiger partial charge in [0.25, 0.3) is 0 Å². The van der Waals surface area contributed by atoms with Gasteiger partial charge in [0, 0.05) is 39.3 Å². The average molecular weight is 339 g/mol. The minimum Gasteiger partial charge on any atom is -0.465 e. The molecule has 1 atom stereocenters. The first-order valence-electron chi connectivity index (χ1n) is 9.56. The smallest absolute Gasteiger partial charge is 0.323 e. The lowest BCUT2D eigenvalue weighted by Crippen LogP contribution is -2.54. The lowest BCUT2D eigenvalue weighted by molar-refractivity contribution is -0.151. The maximum absolute atomic E-state index is 12.4. The fourth-order valence-electron chi connectivity index (χ4n) is 3.63. The number of likely N-dealkylation sites (tertiary alicyclic amines) is 1. The summed E-state index contributed by atoms with van der Waals surface area (Å²) in [6, 6.07) is -0.130. The van der Waals surface area contributed by atoms with Crippen molar-refractivity contribution in [2.75, 3.05) is 52.4 Å². The van der Waals surface area contributed by atoms with Crippen molar-refractivity contribution in [3.8, 4) is 0 Å². The Morgan fingerprint density at radius 3 is 2.21 bits per heavy atom. The van der Waals surface area contributed by atoms with Crippen LogP contribution in [0.15, 0.2) is 0 Å². The molecule has 2 aliphatic heterocycles. The lowest BCUT2D eigenvalue weighted by Gasteiger charge is -2.38. The molecule has 0 unspecified atom stereocenters. The van der Waals surface area contributed by atoms with Crippen molar-refractivity contribution in [3.05, 3.63) is 0 Å². The number of amides is 1. The van der Waals surface area contributed by atoms with Gasteiger partial charge in [0.2, 0.25) is 5.91 Å². The van der Waals surface area contributed by atoms with Crippen LogP contribution in [0.1, 0.15) is 46.0 Å². The third-order valence-electron chi connectivity index (χ3n) is 5.04. The Labute approximate surface area is 146 Å². The van der Waals surface area contributed by atoms with Crippen LogP contribution < -0.4 is 0 Å². The van der Waals surface area contributed by atoms with Crippen LogP contribution in [-0.2, 0) is 14.3 Å². The fourth-order valence-corrected chi connectivity index (χ4v) is 3.63. The van der Waals surface area contributed by atoms with Crippen LogP contribution in [0.3, 0.4) is 0 Å². The molecule has 0 bridgehead atoms. The Hall–Kier alpha value is -1.14. The van der Waals surface area contributed by atoms with Gasteiger partial charge >= 0.3 is 5.97 Å². The predicted octanol–water partition coefficient (Wildman–Crippen LogP) is 1.35. The summed E-state index contributed by atoms with van der Waals surface area (Å²) in [5, 5.41) is 0. The summed E-state index contributed by atoms with van der Waals surface area (Å²) >= 11 is 0.